The topological polar surface area (TPSA) is 60.8 Å². The van der Waals surface area contributed by atoms with E-state index < -0.39 is 0 Å². The van der Waals surface area contributed by atoms with Crippen molar-refractivity contribution in [1.29, 1.82) is 0 Å². The van der Waals surface area contributed by atoms with Crippen LogP contribution in [-0.4, -0.2) is 40.2 Å². The number of hydrogen-bond acceptors (Lipinski definition) is 3. The zero-order valence-electron chi connectivity index (χ0n) is 11.1. The molecule has 2 rings (SSSR count). The molecule has 4 heteroatoms. The molecule has 1 amide bonds. The lowest BCUT2D eigenvalue weighted by atomic mass is 10.1. The highest BCUT2D eigenvalue weighted by atomic mass is 16.3. The van der Waals surface area contributed by atoms with Crippen molar-refractivity contribution < 1.29 is 15.0 Å². The minimum Gasteiger partial charge on any atom is -0.508 e. The molecule has 19 heavy (non-hydrogen) atoms. The van der Waals surface area contributed by atoms with E-state index in [1.165, 1.54) is 0 Å². The molecule has 0 unspecified atom stereocenters. The molecule has 0 heterocycles. The number of aromatic hydroxyl groups is 1. The fraction of sp³-hybridized carbons (Fsp3) is 0.533. The number of hydrogen-bond donors (Lipinski definition) is 2. The van der Waals surface area contributed by atoms with Gasteiger partial charge >= 0.3 is 0 Å². The smallest absolute Gasteiger partial charge is 0.227 e. The van der Waals surface area contributed by atoms with E-state index in [0.717, 1.165) is 31.2 Å². The number of phenols is 1. The maximum absolute atomic E-state index is 12.3. The predicted molar refractivity (Wildman–Crippen MR) is 72.9 cm³/mol. The Morgan fingerprint density at radius 3 is 2.68 bits per heavy atom. The average molecular weight is 263 g/mol. The van der Waals surface area contributed by atoms with Gasteiger partial charge in [-0.2, -0.15) is 0 Å². The molecule has 1 aliphatic rings. The maximum atomic E-state index is 12.3. The van der Waals surface area contributed by atoms with Gasteiger partial charge in [0.2, 0.25) is 5.91 Å². The van der Waals surface area contributed by atoms with Crippen LogP contribution in [0, 0.1) is 0 Å². The Hall–Kier alpha value is -1.55. The van der Waals surface area contributed by atoms with Crippen molar-refractivity contribution in [2.45, 2.75) is 38.1 Å². The molecule has 2 N–H and O–H groups in total. The average Bonchev–Trinajstić information content (AvgIpc) is 2.89. The number of rotatable bonds is 5. The van der Waals surface area contributed by atoms with E-state index in [9.17, 15) is 9.90 Å². The summed E-state index contributed by atoms with van der Waals surface area (Å²) < 4.78 is 0. The van der Waals surface area contributed by atoms with Crippen molar-refractivity contribution in [2.75, 3.05) is 13.2 Å². The van der Waals surface area contributed by atoms with Crippen LogP contribution in [0.25, 0.3) is 0 Å². The highest BCUT2D eigenvalue weighted by molar-refractivity contribution is 5.79. The van der Waals surface area contributed by atoms with Crippen molar-refractivity contribution in [2.24, 2.45) is 0 Å². The van der Waals surface area contributed by atoms with Gasteiger partial charge in [-0.1, -0.05) is 25.0 Å². The molecule has 1 fully saturated rings. The number of benzene rings is 1. The van der Waals surface area contributed by atoms with E-state index in [1.807, 2.05) is 6.07 Å². The Balaban J connectivity index is 2.02. The van der Waals surface area contributed by atoms with Gasteiger partial charge in [-0.15, -0.1) is 0 Å². The molecular formula is C15H21NO3. The normalized spacial score (nSPS) is 15.6. The molecule has 0 aliphatic heterocycles. The van der Waals surface area contributed by atoms with E-state index in [0.29, 0.717) is 6.54 Å². The molecule has 1 saturated carbocycles. The van der Waals surface area contributed by atoms with Gasteiger partial charge in [-0.05, 0) is 30.5 Å². The highest BCUT2D eigenvalue weighted by Gasteiger charge is 2.26. The third kappa shape index (κ3) is 3.70. The van der Waals surface area contributed by atoms with Crippen molar-refractivity contribution in [1.82, 2.24) is 4.90 Å². The van der Waals surface area contributed by atoms with Crippen LogP contribution in [-0.2, 0) is 11.2 Å². The Labute approximate surface area is 113 Å². The van der Waals surface area contributed by atoms with Crippen LogP contribution < -0.4 is 0 Å². The molecule has 1 aromatic rings. The van der Waals surface area contributed by atoms with E-state index in [2.05, 4.69) is 0 Å². The molecule has 1 aliphatic carbocycles. The molecule has 0 saturated heterocycles. The Morgan fingerprint density at radius 1 is 1.32 bits per heavy atom. The minimum atomic E-state index is 0.00226. The number of phenolic OH excluding ortho intramolecular Hbond substituents is 1. The molecule has 0 bridgehead atoms. The lowest BCUT2D eigenvalue weighted by molar-refractivity contribution is -0.133. The van der Waals surface area contributed by atoms with Crippen molar-refractivity contribution in [3.63, 3.8) is 0 Å². The summed E-state index contributed by atoms with van der Waals surface area (Å²) in [5, 5.41) is 18.5. The molecule has 0 radical (unpaired) electrons. The van der Waals surface area contributed by atoms with Gasteiger partial charge in [0.25, 0.3) is 0 Å². The Morgan fingerprint density at radius 2 is 2.05 bits per heavy atom. The second kappa shape index (κ2) is 6.57. The van der Waals surface area contributed by atoms with Crippen LogP contribution in [0.5, 0.6) is 5.75 Å². The van der Waals surface area contributed by atoms with Gasteiger partial charge in [0, 0.05) is 12.6 Å². The van der Waals surface area contributed by atoms with E-state index in [1.54, 1.807) is 23.1 Å². The number of carbonyl (C=O) groups is 1. The van der Waals surface area contributed by atoms with E-state index in [-0.39, 0.29) is 30.7 Å². The van der Waals surface area contributed by atoms with Crippen molar-refractivity contribution in [3.05, 3.63) is 29.8 Å². The van der Waals surface area contributed by atoms with Gasteiger partial charge in [0.05, 0.1) is 13.0 Å². The van der Waals surface area contributed by atoms with Crippen molar-refractivity contribution >= 4 is 5.91 Å². The van der Waals surface area contributed by atoms with Gasteiger partial charge in [-0.25, -0.2) is 0 Å². The number of aliphatic hydroxyl groups is 1. The monoisotopic (exact) mass is 263 g/mol. The number of nitrogens with zero attached hydrogens (tertiary/aromatic N) is 1. The first-order valence-electron chi connectivity index (χ1n) is 6.89. The largest absolute Gasteiger partial charge is 0.508 e. The molecule has 0 atom stereocenters. The zero-order valence-corrected chi connectivity index (χ0v) is 11.1. The second-order valence-electron chi connectivity index (χ2n) is 5.10. The van der Waals surface area contributed by atoms with Gasteiger partial charge in [0.1, 0.15) is 5.75 Å². The van der Waals surface area contributed by atoms with E-state index >= 15 is 0 Å². The Kier molecular flexibility index (Phi) is 4.80. The summed E-state index contributed by atoms with van der Waals surface area (Å²) in [6, 6.07) is 7.06. The van der Waals surface area contributed by atoms with Crippen molar-refractivity contribution in [3.8, 4) is 5.75 Å². The Bertz CT molecular complexity index is 427. The first-order valence-corrected chi connectivity index (χ1v) is 6.89. The predicted octanol–water partition coefficient (Wildman–Crippen LogP) is 1.70. The number of amides is 1. The summed E-state index contributed by atoms with van der Waals surface area (Å²) in [6.07, 6.45) is 4.67. The number of aliphatic hydroxyl groups excluding tert-OH is 1. The van der Waals surface area contributed by atoms with Crippen LogP contribution in [0.3, 0.4) is 0 Å². The molecule has 4 nitrogen and oxygen atoms in total. The summed E-state index contributed by atoms with van der Waals surface area (Å²) in [7, 11) is 0. The summed E-state index contributed by atoms with van der Waals surface area (Å²) in [5.74, 6) is 0.214. The summed E-state index contributed by atoms with van der Waals surface area (Å²) in [4.78, 5) is 14.1. The molecule has 104 valence electrons. The number of carbonyl (C=O) groups excluding carboxylic acids is 1. The van der Waals surface area contributed by atoms with Crippen LogP contribution >= 0.6 is 0 Å². The van der Waals surface area contributed by atoms with Crippen LogP contribution in [0.15, 0.2) is 24.3 Å². The minimum absolute atomic E-state index is 0.00226. The van der Waals surface area contributed by atoms with Crippen LogP contribution in [0.4, 0.5) is 0 Å². The first kappa shape index (κ1) is 13.9. The molecule has 0 aromatic heterocycles. The lowest BCUT2D eigenvalue weighted by Crippen LogP contribution is -2.41. The highest BCUT2D eigenvalue weighted by Crippen LogP contribution is 2.24. The first-order chi connectivity index (χ1) is 9.20. The zero-order chi connectivity index (χ0) is 13.7. The van der Waals surface area contributed by atoms with Gasteiger partial charge < -0.3 is 15.1 Å². The fourth-order valence-electron chi connectivity index (χ4n) is 2.78. The fourth-order valence-corrected chi connectivity index (χ4v) is 2.78. The quantitative estimate of drug-likeness (QED) is 0.850. The maximum Gasteiger partial charge on any atom is 0.227 e. The van der Waals surface area contributed by atoms with Crippen LogP contribution in [0.1, 0.15) is 31.2 Å². The summed E-state index contributed by atoms with van der Waals surface area (Å²) in [5.41, 5.74) is 0.811. The standard InChI is InChI=1S/C15H21NO3/c17-9-8-16(13-5-1-2-6-13)15(19)11-12-4-3-7-14(18)10-12/h3-4,7,10,13,17-18H,1-2,5-6,8-9,11H2. The molecular weight excluding hydrogens is 242 g/mol. The lowest BCUT2D eigenvalue weighted by Gasteiger charge is -2.28. The SMILES string of the molecule is O=C(Cc1cccc(O)c1)N(CCO)C1CCCC1. The van der Waals surface area contributed by atoms with Crippen LogP contribution in [0.2, 0.25) is 0 Å². The van der Waals surface area contributed by atoms with E-state index in [4.69, 9.17) is 5.11 Å². The molecule has 1 aromatic carbocycles. The summed E-state index contributed by atoms with van der Waals surface area (Å²) in [6.45, 7) is 0.407. The third-order valence-corrected chi connectivity index (χ3v) is 3.69. The molecule has 0 spiro atoms. The third-order valence-electron chi connectivity index (χ3n) is 3.69. The van der Waals surface area contributed by atoms with Gasteiger partial charge in [0.15, 0.2) is 0 Å². The summed E-state index contributed by atoms with van der Waals surface area (Å²) >= 11 is 0. The second-order valence-corrected chi connectivity index (χ2v) is 5.10. The van der Waals surface area contributed by atoms with Gasteiger partial charge in [-0.3, -0.25) is 4.79 Å².